The van der Waals surface area contributed by atoms with E-state index in [4.69, 9.17) is 0 Å². The van der Waals surface area contributed by atoms with Gasteiger partial charge in [0.1, 0.15) is 0 Å². The Morgan fingerprint density at radius 2 is 1.56 bits per heavy atom. The van der Waals surface area contributed by atoms with E-state index < -0.39 is 0 Å². The molecule has 1 fully saturated rings. The molecule has 1 amide bonds. The Hall–Kier alpha value is -1.35. The number of nitrogens with one attached hydrogen (secondary N) is 1. The SMILES string of the molecule is CC.CC.CCCCc1ccc(CNC(=O)C2CCN(C)CC2)cc1. The highest BCUT2D eigenvalue weighted by molar-refractivity contribution is 5.78. The minimum Gasteiger partial charge on any atom is -0.352 e. The number of benzene rings is 1. The lowest BCUT2D eigenvalue weighted by Gasteiger charge is -2.28. The molecule has 0 bridgehead atoms. The van der Waals surface area contributed by atoms with E-state index in [1.807, 2.05) is 27.7 Å². The standard InChI is InChI=1S/C18H28N2O.2C2H6/c1-3-4-5-15-6-8-16(9-7-15)14-19-18(21)17-10-12-20(2)13-11-17;2*1-2/h6-9,17H,3-5,10-14H2,1-2H3,(H,19,21);2*1-2H3. The molecular weight excluding hydrogens is 308 g/mol. The Kier molecular flexibility index (Phi) is 14.1. The van der Waals surface area contributed by atoms with Crippen LogP contribution in [0.1, 0.15) is 71.4 Å². The molecule has 1 aromatic carbocycles. The largest absolute Gasteiger partial charge is 0.352 e. The number of hydrogen-bond donors (Lipinski definition) is 1. The molecule has 25 heavy (non-hydrogen) atoms. The highest BCUT2D eigenvalue weighted by atomic mass is 16.1. The van der Waals surface area contributed by atoms with Crippen molar-refractivity contribution in [2.75, 3.05) is 20.1 Å². The van der Waals surface area contributed by atoms with Crippen molar-refractivity contribution in [3.8, 4) is 0 Å². The van der Waals surface area contributed by atoms with E-state index in [0.29, 0.717) is 6.54 Å². The van der Waals surface area contributed by atoms with Gasteiger partial charge in [0.05, 0.1) is 0 Å². The number of aryl methyl sites for hydroxylation is 1. The molecule has 0 radical (unpaired) electrons. The monoisotopic (exact) mass is 348 g/mol. The summed E-state index contributed by atoms with van der Waals surface area (Å²) in [5.74, 6) is 0.420. The molecule has 1 aliphatic rings. The summed E-state index contributed by atoms with van der Waals surface area (Å²) in [5, 5.41) is 3.09. The smallest absolute Gasteiger partial charge is 0.223 e. The van der Waals surface area contributed by atoms with Crippen LogP contribution in [0.2, 0.25) is 0 Å². The molecule has 1 N–H and O–H groups in total. The Morgan fingerprint density at radius 3 is 2.08 bits per heavy atom. The van der Waals surface area contributed by atoms with Gasteiger partial charge in [-0.05, 0) is 56.9 Å². The Labute approximate surface area is 156 Å². The Morgan fingerprint density at radius 1 is 1.04 bits per heavy atom. The fourth-order valence-electron chi connectivity index (χ4n) is 2.81. The second-order valence-corrected chi connectivity index (χ2v) is 6.22. The second kappa shape index (κ2) is 14.9. The zero-order chi connectivity index (χ0) is 19.1. The van der Waals surface area contributed by atoms with Crippen LogP contribution in [0.4, 0.5) is 0 Å². The molecule has 2 rings (SSSR count). The van der Waals surface area contributed by atoms with Crippen LogP contribution in [0.3, 0.4) is 0 Å². The maximum Gasteiger partial charge on any atom is 0.223 e. The van der Waals surface area contributed by atoms with E-state index >= 15 is 0 Å². The van der Waals surface area contributed by atoms with E-state index in [9.17, 15) is 4.79 Å². The van der Waals surface area contributed by atoms with Gasteiger partial charge in [0, 0.05) is 12.5 Å². The van der Waals surface area contributed by atoms with Crippen LogP contribution in [-0.4, -0.2) is 30.9 Å². The van der Waals surface area contributed by atoms with E-state index in [0.717, 1.165) is 32.4 Å². The van der Waals surface area contributed by atoms with Gasteiger partial charge in [-0.1, -0.05) is 65.3 Å². The predicted molar refractivity (Wildman–Crippen MR) is 110 cm³/mol. The minimum atomic E-state index is 0.199. The predicted octanol–water partition coefficient (Wildman–Crippen LogP) is 5.04. The van der Waals surface area contributed by atoms with Gasteiger partial charge < -0.3 is 10.2 Å². The third-order valence-corrected chi connectivity index (χ3v) is 4.40. The summed E-state index contributed by atoms with van der Waals surface area (Å²) in [6.45, 7) is 12.9. The first-order valence-electron chi connectivity index (χ1n) is 10.2. The molecular formula is C22H40N2O. The first kappa shape index (κ1) is 23.6. The van der Waals surface area contributed by atoms with Crippen LogP contribution in [0.25, 0.3) is 0 Å². The fraction of sp³-hybridized carbons (Fsp3) is 0.682. The quantitative estimate of drug-likeness (QED) is 0.781. The molecule has 0 aliphatic carbocycles. The normalized spacial score (nSPS) is 14.6. The van der Waals surface area contributed by atoms with E-state index in [1.165, 1.54) is 24.0 Å². The number of carbonyl (C=O) groups excluding carboxylic acids is 1. The number of carbonyl (C=O) groups is 1. The zero-order valence-corrected chi connectivity index (χ0v) is 17.4. The van der Waals surface area contributed by atoms with Gasteiger partial charge in [0.25, 0.3) is 0 Å². The Balaban J connectivity index is 0.00000134. The van der Waals surface area contributed by atoms with Crippen LogP contribution in [0, 0.1) is 5.92 Å². The number of likely N-dealkylation sites (tertiary alicyclic amines) is 1. The number of hydrogen-bond acceptors (Lipinski definition) is 2. The molecule has 0 saturated carbocycles. The number of piperidine rings is 1. The van der Waals surface area contributed by atoms with Crippen LogP contribution >= 0.6 is 0 Å². The molecule has 0 unspecified atom stereocenters. The summed E-state index contributed by atoms with van der Waals surface area (Å²) >= 11 is 0. The van der Waals surface area contributed by atoms with Crippen molar-refractivity contribution in [3.05, 3.63) is 35.4 Å². The molecule has 144 valence electrons. The van der Waals surface area contributed by atoms with Crippen molar-refractivity contribution in [1.82, 2.24) is 10.2 Å². The van der Waals surface area contributed by atoms with Crippen molar-refractivity contribution in [2.24, 2.45) is 5.92 Å². The molecule has 0 spiro atoms. The summed E-state index contributed by atoms with van der Waals surface area (Å²) in [4.78, 5) is 14.4. The number of unbranched alkanes of at least 4 members (excludes halogenated alkanes) is 1. The fourth-order valence-corrected chi connectivity index (χ4v) is 2.81. The van der Waals surface area contributed by atoms with Crippen molar-refractivity contribution in [3.63, 3.8) is 0 Å². The van der Waals surface area contributed by atoms with Gasteiger partial charge in [-0.2, -0.15) is 0 Å². The van der Waals surface area contributed by atoms with Crippen LogP contribution in [-0.2, 0) is 17.8 Å². The third-order valence-electron chi connectivity index (χ3n) is 4.40. The minimum absolute atomic E-state index is 0.199. The first-order valence-corrected chi connectivity index (χ1v) is 10.2. The summed E-state index contributed by atoms with van der Waals surface area (Å²) < 4.78 is 0. The van der Waals surface area contributed by atoms with Crippen molar-refractivity contribution in [2.45, 2.75) is 73.3 Å². The van der Waals surface area contributed by atoms with Gasteiger partial charge in [-0.25, -0.2) is 0 Å². The first-order chi connectivity index (χ1) is 12.2. The van der Waals surface area contributed by atoms with Crippen LogP contribution < -0.4 is 5.32 Å². The molecule has 1 saturated heterocycles. The zero-order valence-electron chi connectivity index (χ0n) is 17.4. The number of rotatable bonds is 6. The maximum absolute atomic E-state index is 12.2. The summed E-state index contributed by atoms with van der Waals surface area (Å²) in [7, 11) is 2.12. The number of nitrogens with zero attached hydrogens (tertiary/aromatic N) is 1. The third kappa shape index (κ3) is 9.64. The lowest BCUT2D eigenvalue weighted by molar-refractivity contribution is -0.126. The van der Waals surface area contributed by atoms with Crippen molar-refractivity contribution >= 4 is 5.91 Å². The lowest BCUT2D eigenvalue weighted by Crippen LogP contribution is -2.38. The van der Waals surface area contributed by atoms with Gasteiger partial charge >= 0.3 is 0 Å². The highest BCUT2D eigenvalue weighted by Crippen LogP contribution is 2.16. The maximum atomic E-state index is 12.2. The summed E-state index contributed by atoms with van der Waals surface area (Å²) in [5.41, 5.74) is 2.58. The molecule has 1 heterocycles. The van der Waals surface area contributed by atoms with E-state index in [-0.39, 0.29) is 11.8 Å². The van der Waals surface area contributed by atoms with Gasteiger partial charge in [-0.15, -0.1) is 0 Å². The lowest BCUT2D eigenvalue weighted by atomic mass is 9.96. The number of amides is 1. The molecule has 0 aromatic heterocycles. The topological polar surface area (TPSA) is 32.3 Å². The van der Waals surface area contributed by atoms with Gasteiger partial charge in [0.2, 0.25) is 5.91 Å². The van der Waals surface area contributed by atoms with Gasteiger partial charge in [0.15, 0.2) is 0 Å². The average Bonchev–Trinajstić information content (AvgIpc) is 2.69. The van der Waals surface area contributed by atoms with Gasteiger partial charge in [-0.3, -0.25) is 4.79 Å². The molecule has 1 aliphatic heterocycles. The van der Waals surface area contributed by atoms with E-state index in [1.54, 1.807) is 0 Å². The summed E-state index contributed by atoms with van der Waals surface area (Å²) in [6.07, 6.45) is 5.59. The van der Waals surface area contributed by atoms with Crippen LogP contribution in [0.5, 0.6) is 0 Å². The average molecular weight is 349 g/mol. The molecule has 3 heteroatoms. The summed E-state index contributed by atoms with van der Waals surface area (Å²) in [6, 6.07) is 8.65. The highest BCUT2D eigenvalue weighted by Gasteiger charge is 2.22. The van der Waals surface area contributed by atoms with Crippen molar-refractivity contribution < 1.29 is 4.79 Å². The van der Waals surface area contributed by atoms with E-state index in [2.05, 4.69) is 48.5 Å². The molecule has 0 atom stereocenters. The second-order valence-electron chi connectivity index (χ2n) is 6.22. The Bertz CT molecular complexity index is 434. The molecule has 1 aromatic rings. The van der Waals surface area contributed by atoms with Crippen molar-refractivity contribution in [1.29, 1.82) is 0 Å². The molecule has 3 nitrogen and oxygen atoms in total. The van der Waals surface area contributed by atoms with Crippen LogP contribution in [0.15, 0.2) is 24.3 Å².